The lowest BCUT2D eigenvalue weighted by Crippen LogP contribution is -2.45. The van der Waals surface area contributed by atoms with Gasteiger partial charge in [0, 0.05) is 17.5 Å². The normalized spacial score (nSPS) is 21.5. The van der Waals surface area contributed by atoms with Gasteiger partial charge in [0.25, 0.3) is 0 Å². The maximum absolute atomic E-state index is 12.4. The van der Waals surface area contributed by atoms with Crippen LogP contribution in [0, 0.1) is 0 Å². The van der Waals surface area contributed by atoms with Crippen LogP contribution in [0.1, 0.15) is 27.2 Å². The van der Waals surface area contributed by atoms with Crippen molar-refractivity contribution in [2.75, 3.05) is 11.9 Å². The van der Waals surface area contributed by atoms with Crippen LogP contribution in [0.4, 0.5) is 10.5 Å². The first-order valence-corrected chi connectivity index (χ1v) is 7.81. The third kappa shape index (κ3) is 4.40. The third-order valence-corrected chi connectivity index (χ3v) is 3.63. The number of nitrogens with zero attached hydrogens (tertiary/aromatic N) is 1. The number of anilines is 1. The topological polar surface area (TPSA) is 58.6 Å². The van der Waals surface area contributed by atoms with E-state index >= 15 is 0 Å². The van der Waals surface area contributed by atoms with E-state index in [4.69, 9.17) is 4.74 Å². The molecule has 1 aliphatic rings. The largest absolute Gasteiger partial charge is 0.444 e. The van der Waals surface area contributed by atoms with Gasteiger partial charge in [0.05, 0.1) is 0 Å². The van der Waals surface area contributed by atoms with E-state index < -0.39 is 17.7 Å². The second kappa shape index (κ2) is 6.60. The Kier molecular flexibility index (Phi) is 5.01. The van der Waals surface area contributed by atoms with Crippen LogP contribution >= 0.6 is 12.6 Å². The van der Waals surface area contributed by atoms with Gasteiger partial charge in [0.15, 0.2) is 0 Å². The van der Waals surface area contributed by atoms with E-state index in [1.165, 1.54) is 4.90 Å². The van der Waals surface area contributed by atoms with Gasteiger partial charge in [-0.05, 0) is 39.3 Å². The van der Waals surface area contributed by atoms with Gasteiger partial charge in [-0.2, -0.15) is 12.6 Å². The lowest BCUT2D eigenvalue weighted by Gasteiger charge is -2.28. The molecule has 1 N–H and O–H groups in total. The smallest absolute Gasteiger partial charge is 0.411 e. The maximum Gasteiger partial charge on any atom is 0.411 e. The summed E-state index contributed by atoms with van der Waals surface area (Å²) in [6.45, 7) is 5.82. The van der Waals surface area contributed by atoms with E-state index in [0.29, 0.717) is 18.7 Å². The zero-order chi connectivity index (χ0) is 16.3. The highest BCUT2D eigenvalue weighted by molar-refractivity contribution is 7.81. The summed E-state index contributed by atoms with van der Waals surface area (Å²) >= 11 is 4.41. The van der Waals surface area contributed by atoms with Crippen molar-refractivity contribution >= 4 is 30.3 Å². The molecule has 0 saturated carbocycles. The van der Waals surface area contributed by atoms with Gasteiger partial charge in [-0.1, -0.05) is 18.2 Å². The molecule has 1 heterocycles. The fourth-order valence-electron chi connectivity index (χ4n) is 2.33. The van der Waals surface area contributed by atoms with Crippen LogP contribution in [0.25, 0.3) is 0 Å². The molecule has 1 saturated heterocycles. The van der Waals surface area contributed by atoms with Crippen LogP contribution in [-0.2, 0) is 9.53 Å². The number of benzene rings is 1. The molecule has 0 aromatic heterocycles. The number of hydrogen-bond acceptors (Lipinski definition) is 4. The van der Waals surface area contributed by atoms with Gasteiger partial charge in [0.2, 0.25) is 5.91 Å². The number of carbonyl (C=O) groups excluding carboxylic acids is 2. The molecule has 2 rings (SSSR count). The minimum absolute atomic E-state index is 0.0287. The van der Waals surface area contributed by atoms with Gasteiger partial charge < -0.3 is 10.1 Å². The molecule has 0 bridgehead atoms. The van der Waals surface area contributed by atoms with E-state index in [1.54, 1.807) is 20.8 Å². The van der Waals surface area contributed by atoms with Crippen LogP contribution in [0.5, 0.6) is 0 Å². The number of para-hydroxylation sites is 1. The molecule has 2 amide bonds. The van der Waals surface area contributed by atoms with Crippen molar-refractivity contribution in [3.63, 3.8) is 0 Å². The van der Waals surface area contributed by atoms with Crippen molar-refractivity contribution in [2.24, 2.45) is 0 Å². The van der Waals surface area contributed by atoms with Gasteiger partial charge in [-0.15, -0.1) is 0 Å². The molecule has 0 radical (unpaired) electrons. The van der Waals surface area contributed by atoms with Crippen LogP contribution in [0.3, 0.4) is 0 Å². The molecule has 6 heteroatoms. The Hall–Kier alpha value is -1.69. The van der Waals surface area contributed by atoms with Crippen LogP contribution in [0.2, 0.25) is 0 Å². The quantitative estimate of drug-likeness (QED) is 0.823. The van der Waals surface area contributed by atoms with E-state index in [0.717, 1.165) is 0 Å². The number of thiol groups is 1. The van der Waals surface area contributed by atoms with Crippen molar-refractivity contribution in [1.82, 2.24) is 4.90 Å². The molecular weight excluding hydrogens is 300 g/mol. The molecule has 2 unspecified atom stereocenters. The predicted octanol–water partition coefficient (Wildman–Crippen LogP) is 2.93. The molecule has 0 spiro atoms. The summed E-state index contributed by atoms with van der Waals surface area (Å²) < 4.78 is 5.37. The van der Waals surface area contributed by atoms with E-state index in [-0.39, 0.29) is 11.2 Å². The highest BCUT2D eigenvalue weighted by Crippen LogP contribution is 2.25. The minimum atomic E-state index is -0.591. The average Bonchev–Trinajstić information content (AvgIpc) is 2.80. The SMILES string of the molecule is CC(C)(C)OC(=O)N1CC(S)CC1C(=O)Nc1ccccc1. The van der Waals surface area contributed by atoms with Crippen LogP contribution in [0.15, 0.2) is 30.3 Å². The molecule has 1 aromatic carbocycles. The van der Waals surface area contributed by atoms with Crippen molar-refractivity contribution in [2.45, 2.75) is 44.1 Å². The van der Waals surface area contributed by atoms with Gasteiger partial charge in [0.1, 0.15) is 11.6 Å². The van der Waals surface area contributed by atoms with Crippen molar-refractivity contribution < 1.29 is 14.3 Å². The average molecular weight is 322 g/mol. The minimum Gasteiger partial charge on any atom is -0.444 e. The molecule has 1 aliphatic heterocycles. The van der Waals surface area contributed by atoms with Crippen LogP contribution < -0.4 is 5.32 Å². The number of likely N-dealkylation sites (tertiary alicyclic amines) is 1. The summed E-state index contributed by atoms with van der Waals surface area (Å²) in [6, 6.07) is 8.63. The summed E-state index contributed by atoms with van der Waals surface area (Å²) in [7, 11) is 0. The monoisotopic (exact) mass is 322 g/mol. The summed E-state index contributed by atoms with van der Waals surface area (Å²) in [4.78, 5) is 26.2. The number of ether oxygens (including phenoxy) is 1. The molecule has 1 fully saturated rings. The fourth-order valence-corrected chi connectivity index (χ4v) is 2.71. The first kappa shape index (κ1) is 16.7. The zero-order valence-corrected chi connectivity index (χ0v) is 14.0. The van der Waals surface area contributed by atoms with Gasteiger partial charge >= 0.3 is 6.09 Å². The van der Waals surface area contributed by atoms with Gasteiger partial charge in [-0.3, -0.25) is 9.69 Å². The maximum atomic E-state index is 12.4. The Labute approximate surface area is 136 Å². The Morgan fingerprint density at radius 3 is 2.50 bits per heavy atom. The summed E-state index contributed by atoms with van der Waals surface area (Å²) in [5.74, 6) is -0.214. The summed E-state index contributed by atoms with van der Waals surface area (Å²) in [5.41, 5.74) is 0.117. The fraction of sp³-hybridized carbons (Fsp3) is 0.500. The second-order valence-electron chi connectivity index (χ2n) is 6.39. The molecule has 22 heavy (non-hydrogen) atoms. The third-order valence-electron chi connectivity index (χ3n) is 3.25. The molecule has 2 atom stereocenters. The molecular formula is C16H22N2O3S. The molecule has 1 aromatic rings. The van der Waals surface area contributed by atoms with Gasteiger partial charge in [-0.25, -0.2) is 4.79 Å². The molecule has 120 valence electrons. The Balaban J connectivity index is 2.07. The van der Waals surface area contributed by atoms with E-state index in [1.807, 2.05) is 30.3 Å². The first-order chi connectivity index (χ1) is 10.3. The molecule has 0 aliphatic carbocycles. The lowest BCUT2D eigenvalue weighted by atomic mass is 10.2. The molecule has 5 nitrogen and oxygen atoms in total. The number of carbonyl (C=O) groups is 2. The van der Waals surface area contributed by atoms with Crippen molar-refractivity contribution in [3.05, 3.63) is 30.3 Å². The highest BCUT2D eigenvalue weighted by Gasteiger charge is 2.40. The summed E-state index contributed by atoms with van der Waals surface area (Å²) in [5, 5.41) is 2.80. The van der Waals surface area contributed by atoms with Crippen molar-refractivity contribution in [3.8, 4) is 0 Å². The first-order valence-electron chi connectivity index (χ1n) is 7.30. The Bertz CT molecular complexity index is 542. The highest BCUT2D eigenvalue weighted by atomic mass is 32.1. The standard InChI is InChI=1S/C16H22N2O3S/c1-16(2,3)21-15(20)18-10-12(22)9-13(18)14(19)17-11-7-5-4-6-8-11/h4-8,12-13,22H,9-10H2,1-3H3,(H,17,19). The Morgan fingerprint density at radius 1 is 1.27 bits per heavy atom. The van der Waals surface area contributed by atoms with Crippen molar-refractivity contribution in [1.29, 1.82) is 0 Å². The number of nitrogens with one attached hydrogen (secondary N) is 1. The lowest BCUT2D eigenvalue weighted by molar-refractivity contribution is -0.120. The zero-order valence-electron chi connectivity index (χ0n) is 13.1. The predicted molar refractivity (Wildman–Crippen MR) is 89.2 cm³/mol. The van der Waals surface area contributed by atoms with E-state index in [2.05, 4.69) is 17.9 Å². The van der Waals surface area contributed by atoms with E-state index in [9.17, 15) is 9.59 Å². The number of amides is 2. The second-order valence-corrected chi connectivity index (χ2v) is 7.12. The number of hydrogen-bond donors (Lipinski definition) is 2. The summed E-state index contributed by atoms with van der Waals surface area (Å²) in [6.07, 6.45) is 0.0401. The Morgan fingerprint density at radius 2 is 1.91 bits per heavy atom. The van der Waals surface area contributed by atoms with Crippen LogP contribution in [-0.4, -0.2) is 40.3 Å². The number of rotatable bonds is 2.